The first-order valence-corrected chi connectivity index (χ1v) is 7.66. The summed E-state index contributed by atoms with van der Waals surface area (Å²) in [4.78, 5) is 16.1. The fourth-order valence-electron chi connectivity index (χ4n) is 1.62. The Kier molecular flexibility index (Phi) is 5.90. The van der Waals surface area contributed by atoms with Crippen LogP contribution in [0, 0.1) is 0 Å². The third-order valence-electron chi connectivity index (χ3n) is 2.76. The quantitative estimate of drug-likeness (QED) is 0.693. The molecule has 2 aromatic rings. The van der Waals surface area contributed by atoms with E-state index in [0.29, 0.717) is 29.9 Å². The zero-order chi connectivity index (χ0) is 15.9. The van der Waals surface area contributed by atoms with Crippen LogP contribution in [0.15, 0.2) is 16.0 Å². The molecule has 0 spiro atoms. The van der Waals surface area contributed by atoms with Gasteiger partial charge in [-0.2, -0.15) is 4.98 Å². The van der Waals surface area contributed by atoms with E-state index in [1.54, 1.807) is 24.9 Å². The van der Waals surface area contributed by atoms with E-state index in [1.807, 2.05) is 7.05 Å². The Bertz CT molecular complexity index is 614. The second kappa shape index (κ2) is 7.90. The smallest absolute Gasteiger partial charge is 0.248 e. The molecule has 10 heteroatoms. The second-order valence-electron chi connectivity index (χ2n) is 4.59. The zero-order valence-electron chi connectivity index (χ0n) is 12.6. The average molecular weight is 326 g/mol. The molecule has 0 aromatic carbocycles. The van der Waals surface area contributed by atoms with Gasteiger partial charge in [0.1, 0.15) is 12.4 Å². The van der Waals surface area contributed by atoms with Crippen LogP contribution in [0.5, 0.6) is 0 Å². The Morgan fingerprint density at radius 2 is 2.41 bits per heavy atom. The molecule has 0 saturated carbocycles. The fraction of sp³-hybridized carbons (Fsp3) is 0.583. The van der Waals surface area contributed by atoms with Crippen LogP contribution in [0.25, 0.3) is 0 Å². The molecule has 0 fully saturated rings. The number of hydrogen-bond acceptors (Lipinski definition) is 8. The minimum absolute atomic E-state index is 0.142. The number of methoxy groups -OCH3 is 1. The summed E-state index contributed by atoms with van der Waals surface area (Å²) in [7, 11) is 3.43. The Hall–Kier alpha value is -1.94. The van der Waals surface area contributed by atoms with E-state index >= 15 is 0 Å². The second-order valence-corrected chi connectivity index (χ2v) is 5.54. The topological polar surface area (TPSA) is 108 Å². The third kappa shape index (κ3) is 4.53. The van der Waals surface area contributed by atoms with Crippen molar-refractivity contribution in [2.75, 3.05) is 19.5 Å². The van der Waals surface area contributed by atoms with Gasteiger partial charge in [-0.05, 0) is 6.92 Å². The number of aryl methyl sites for hydroxylation is 1. The lowest BCUT2D eigenvalue weighted by atomic mass is 10.3. The van der Waals surface area contributed by atoms with Gasteiger partial charge in [-0.15, -0.1) is 10.2 Å². The zero-order valence-corrected chi connectivity index (χ0v) is 13.5. The van der Waals surface area contributed by atoms with Gasteiger partial charge in [0.2, 0.25) is 11.8 Å². The first-order valence-electron chi connectivity index (χ1n) is 6.67. The van der Waals surface area contributed by atoms with Crippen LogP contribution in [0.4, 0.5) is 0 Å². The van der Waals surface area contributed by atoms with Gasteiger partial charge in [0, 0.05) is 20.6 Å². The Morgan fingerprint density at radius 1 is 1.59 bits per heavy atom. The maximum absolute atomic E-state index is 11.9. The molecule has 1 amide bonds. The van der Waals surface area contributed by atoms with Crippen molar-refractivity contribution in [3.05, 3.63) is 18.0 Å². The van der Waals surface area contributed by atoms with Gasteiger partial charge < -0.3 is 19.1 Å². The number of hydrogen-bond donors (Lipinski definition) is 1. The Labute approximate surface area is 131 Å². The highest BCUT2D eigenvalue weighted by Crippen LogP contribution is 2.14. The standard InChI is InChI=1S/C12H18N6O3S/c1-8(11-15-9(17-21-11)4-5-20-3)14-10(19)6-22-12-16-13-7-18(12)2/h7-8H,4-6H2,1-3H3,(H,14,19)/t8-/m0/s1. The molecule has 0 aliphatic rings. The largest absolute Gasteiger partial charge is 0.384 e. The lowest BCUT2D eigenvalue weighted by Gasteiger charge is -2.09. The summed E-state index contributed by atoms with van der Waals surface area (Å²) in [6.45, 7) is 2.31. The number of carbonyl (C=O) groups excluding carboxylic acids is 1. The lowest BCUT2D eigenvalue weighted by molar-refractivity contribution is -0.119. The van der Waals surface area contributed by atoms with Crippen molar-refractivity contribution in [3.8, 4) is 0 Å². The minimum Gasteiger partial charge on any atom is -0.384 e. The molecule has 1 N–H and O–H groups in total. The van der Waals surface area contributed by atoms with E-state index in [9.17, 15) is 4.79 Å². The third-order valence-corrected chi connectivity index (χ3v) is 3.80. The summed E-state index contributed by atoms with van der Waals surface area (Å²) in [5.74, 6) is 1.04. The SMILES string of the molecule is COCCc1noc([C@H](C)NC(=O)CSc2nncn2C)n1. The molecular formula is C12H18N6O3S. The lowest BCUT2D eigenvalue weighted by Crippen LogP contribution is -2.28. The predicted molar refractivity (Wildman–Crippen MR) is 78.2 cm³/mol. The van der Waals surface area contributed by atoms with Gasteiger partial charge in [-0.25, -0.2) is 0 Å². The fourth-order valence-corrected chi connectivity index (χ4v) is 2.32. The van der Waals surface area contributed by atoms with Gasteiger partial charge in [-0.3, -0.25) is 4.79 Å². The number of thioether (sulfide) groups is 1. The molecule has 0 unspecified atom stereocenters. The summed E-state index contributed by atoms with van der Waals surface area (Å²) in [5.41, 5.74) is 0. The molecule has 0 saturated heterocycles. The predicted octanol–water partition coefficient (Wildman–Crippen LogP) is 0.356. The highest BCUT2D eigenvalue weighted by molar-refractivity contribution is 7.99. The van der Waals surface area contributed by atoms with E-state index in [4.69, 9.17) is 9.26 Å². The van der Waals surface area contributed by atoms with E-state index in [0.717, 1.165) is 0 Å². The molecular weight excluding hydrogens is 308 g/mol. The first-order chi connectivity index (χ1) is 10.6. The number of nitrogens with one attached hydrogen (secondary N) is 1. The molecule has 2 heterocycles. The van der Waals surface area contributed by atoms with E-state index in [1.165, 1.54) is 11.8 Å². The van der Waals surface area contributed by atoms with Crippen LogP contribution in [-0.4, -0.2) is 50.3 Å². The molecule has 0 aliphatic heterocycles. The number of ether oxygens (including phenoxy) is 1. The van der Waals surface area contributed by atoms with Crippen molar-refractivity contribution in [2.24, 2.45) is 7.05 Å². The van der Waals surface area contributed by atoms with Crippen LogP contribution < -0.4 is 5.32 Å². The van der Waals surface area contributed by atoms with Crippen LogP contribution >= 0.6 is 11.8 Å². The van der Waals surface area contributed by atoms with Crippen LogP contribution in [0.1, 0.15) is 24.7 Å². The minimum atomic E-state index is -0.351. The van der Waals surface area contributed by atoms with Crippen molar-refractivity contribution < 1.29 is 14.1 Å². The average Bonchev–Trinajstić information content (AvgIpc) is 3.12. The molecule has 0 aliphatic carbocycles. The molecule has 0 bridgehead atoms. The Balaban J connectivity index is 1.80. The number of aromatic nitrogens is 5. The van der Waals surface area contributed by atoms with Gasteiger partial charge in [0.05, 0.1) is 12.4 Å². The summed E-state index contributed by atoms with van der Waals surface area (Å²) in [5, 5.41) is 15.0. The van der Waals surface area contributed by atoms with Crippen LogP contribution in [-0.2, 0) is 23.0 Å². The molecule has 1 atom stereocenters. The summed E-state index contributed by atoms with van der Waals surface area (Å²) < 4.78 is 11.8. The summed E-state index contributed by atoms with van der Waals surface area (Å²) in [6.07, 6.45) is 2.16. The van der Waals surface area contributed by atoms with Gasteiger partial charge >= 0.3 is 0 Å². The van der Waals surface area contributed by atoms with Crippen LogP contribution in [0.2, 0.25) is 0 Å². The molecule has 2 aromatic heterocycles. The number of amides is 1. The number of carbonyl (C=O) groups is 1. The molecule has 22 heavy (non-hydrogen) atoms. The van der Waals surface area contributed by atoms with E-state index < -0.39 is 0 Å². The number of nitrogens with zero attached hydrogens (tertiary/aromatic N) is 5. The maximum Gasteiger partial charge on any atom is 0.248 e. The molecule has 9 nitrogen and oxygen atoms in total. The normalized spacial score (nSPS) is 12.3. The molecule has 0 radical (unpaired) electrons. The van der Waals surface area contributed by atoms with Crippen molar-refractivity contribution in [1.82, 2.24) is 30.2 Å². The summed E-state index contributed by atoms with van der Waals surface area (Å²) >= 11 is 1.31. The molecule has 2 rings (SSSR count). The van der Waals surface area contributed by atoms with Gasteiger partial charge in [0.25, 0.3) is 0 Å². The van der Waals surface area contributed by atoms with Crippen LogP contribution in [0.3, 0.4) is 0 Å². The molecule has 120 valence electrons. The monoisotopic (exact) mass is 326 g/mol. The van der Waals surface area contributed by atoms with Crippen molar-refractivity contribution >= 4 is 17.7 Å². The highest BCUT2D eigenvalue weighted by atomic mass is 32.2. The van der Waals surface area contributed by atoms with Crippen molar-refractivity contribution in [2.45, 2.75) is 24.5 Å². The Morgan fingerprint density at radius 3 is 3.09 bits per heavy atom. The summed E-state index contributed by atoms with van der Waals surface area (Å²) in [6, 6.07) is -0.351. The first kappa shape index (κ1) is 16.4. The van der Waals surface area contributed by atoms with Gasteiger partial charge in [0.15, 0.2) is 11.0 Å². The highest BCUT2D eigenvalue weighted by Gasteiger charge is 2.17. The number of rotatable bonds is 8. The van der Waals surface area contributed by atoms with Crippen molar-refractivity contribution in [3.63, 3.8) is 0 Å². The van der Waals surface area contributed by atoms with Gasteiger partial charge in [-0.1, -0.05) is 16.9 Å². The van der Waals surface area contributed by atoms with Crippen molar-refractivity contribution in [1.29, 1.82) is 0 Å². The maximum atomic E-state index is 11.9. The van der Waals surface area contributed by atoms with E-state index in [2.05, 4.69) is 25.7 Å². The van der Waals surface area contributed by atoms with E-state index in [-0.39, 0.29) is 17.7 Å².